The number of aromatic nitrogens is 3. The van der Waals surface area contributed by atoms with Crippen LogP contribution >= 0.6 is 11.3 Å². The minimum absolute atomic E-state index is 0.0215. The molecule has 7 rings (SSSR count). The second-order valence-corrected chi connectivity index (χ2v) is 13.8. The SMILES string of the molecule is C=CC(=O)N[C@H]1COCCN(c2nc(OCC3(CN4CCOCC4)CC3)nc3c(F)c(-c4ccc(F)c5sc(N)nc45)c(CC)cc23)C1. The van der Waals surface area contributed by atoms with Gasteiger partial charge in [0.05, 0.1) is 49.3 Å². The van der Waals surface area contributed by atoms with Gasteiger partial charge in [0.25, 0.3) is 0 Å². The van der Waals surface area contributed by atoms with Gasteiger partial charge in [-0.1, -0.05) is 24.8 Å². The van der Waals surface area contributed by atoms with Crippen LogP contribution in [0.15, 0.2) is 30.9 Å². The summed E-state index contributed by atoms with van der Waals surface area (Å²) < 4.78 is 49.8. The van der Waals surface area contributed by atoms with Crippen LogP contribution in [-0.4, -0.2) is 97.6 Å². The van der Waals surface area contributed by atoms with Crippen molar-refractivity contribution in [2.75, 3.05) is 76.4 Å². The van der Waals surface area contributed by atoms with Crippen molar-refractivity contribution in [2.45, 2.75) is 32.2 Å². The number of carbonyl (C=O) groups excluding carboxylic acids is 1. The van der Waals surface area contributed by atoms with Gasteiger partial charge < -0.3 is 30.2 Å². The summed E-state index contributed by atoms with van der Waals surface area (Å²) in [5, 5.41) is 3.62. The fraction of sp³-hybridized carbons (Fsp3) is 0.471. The molecule has 0 unspecified atom stereocenters. The zero-order chi connectivity index (χ0) is 33.4. The Balaban J connectivity index is 1.32. The molecule has 0 bridgehead atoms. The first-order valence-corrected chi connectivity index (χ1v) is 17.2. The fourth-order valence-corrected chi connectivity index (χ4v) is 7.40. The first-order valence-electron chi connectivity index (χ1n) is 16.3. The van der Waals surface area contributed by atoms with Crippen molar-refractivity contribution >= 4 is 49.3 Å². The molecule has 0 radical (unpaired) electrons. The van der Waals surface area contributed by atoms with Gasteiger partial charge in [-0.15, -0.1) is 0 Å². The molecule has 4 aromatic rings. The van der Waals surface area contributed by atoms with Crippen LogP contribution in [0.25, 0.3) is 32.2 Å². The molecular formula is C34H39F2N7O4S. The molecule has 3 aliphatic rings. The number of aryl methyl sites for hydroxylation is 1. The number of hydrogen-bond acceptors (Lipinski definition) is 11. The number of nitrogen functional groups attached to an aromatic ring is 1. The number of nitrogens with one attached hydrogen (secondary N) is 1. The van der Waals surface area contributed by atoms with Crippen LogP contribution in [-0.2, 0) is 20.7 Å². The summed E-state index contributed by atoms with van der Waals surface area (Å²) >= 11 is 1.03. The summed E-state index contributed by atoms with van der Waals surface area (Å²) in [4.78, 5) is 30.5. The molecule has 3 fully saturated rings. The number of ether oxygens (including phenoxy) is 3. The smallest absolute Gasteiger partial charge is 0.319 e. The molecule has 254 valence electrons. The molecule has 4 heterocycles. The van der Waals surface area contributed by atoms with E-state index in [-0.39, 0.29) is 44.3 Å². The number of carbonyl (C=O) groups is 1. The molecule has 1 aliphatic carbocycles. The fourth-order valence-electron chi connectivity index (χ4n) is 6.64. The van der Waals surface area contributed by atoms with Crippen LogP contribution < -0.4 is 20.7 Å². The van der Waals surface area contributed by atoms with Crippen molar-refractivity contribution < 1.29 is 27.8 Å². The van der Waals surface area contributed by atoms with Crippen LogP contribution in [0.1, 0.15) is 25.3 Å². The third-order valence-corrected chi connectivity index (χ3v) is 10.3. The van der Waals surface area contributed by atoms with Crippen molar-refractivity contribution in [1.82, 2.24) is 25.2 Å². The lowest BCUT2D eigenvalue weighted by molar-refractivity contribution is -0.117. The van der Waals surface area contributed by atoms with Crippen molar-refractivity contribution in [2.24, 2.45) is 5.41 Å². The van der Waals surface area contributed by atoms with E-state index in [1.807, 2.05) is 17.9 Å². The maximum Gasteiger partial charge on any atom is 0.319 e. The van der Waals surface area contributed by atoms with Crippen molar-refractivity contribution in [3.63, 3.8) is 0 Å². The number of thiazole rings is 1. The highest BCUT2D eigenvalue weighted by Crippen LogP contribution is 2.47. The van der Waals surface area contributed by atoms with E-state index in [4.69, 9.17) is 24.9 Å². The Bertz CT molecular complexity index is 1860. The van der Waals surface area contributed by atoms with Gasteiger partial charge in [0.1, 0.15) is 17.2 Å². The number of hydrogen-bond donors (Lipinski definition) is 2. The Morgan fingerprint density at radius 2 is 1.96 bits per heavy atom. The number of benzene rings is 2. The highest BCUT2D eigenvalue weighted by molar-refractivity contribution is 7.22. The van der Waals surface area contributed by atoms with E-state index in [9.17, 15) is 9.18 Å². The van der Waals surface area contributed by atoms with E-state index in [0.29, 0.717) is 67.2 Å². The molecule has 2 aromatic carbocycles. The standard InChI is InChI=1S/C34H39F2N7O4S/c1-3-20-15-23-28(27(36)26(20)22-5-6-24(35)30-29(22)39-32(37)48-30)40-33(47-19-34(7-8-34)18-42-9-12-45-13-10-42)41-31(23)43-11-14-46-17-21(16-43)38-25(44)4-2/h4-6,15,21H,2-3,7-14,16-19H2,1H3,(H2,37,39)(H,38,44)/t21-/m1/s1. The Morgan fingerprint density at radius 3 is 2.71 bits per heavy atom. The van der Waals surface area contributed by atoms with Crippen molar-refractivity contribution in [3.05, 3.63) is 48.1 Å². The van der Waals surface area contributed by atoms with Crippen LogP contribution in [0.4, 0.5) is 19.7 Å². The lowest BCUT2D eigenvalue weighted by Gasteiger charge is -2.30. The number of anilines is 2. The molecule has 14 heteroatoms. The first-order chi connectivity index (χ1) is 23.3. The predicted octanol–water partition coefficient (Wildman–Crippen LogP) is 4.33. The maximum absolute atomic E-state index is 17.1. The topological polar surface area (TPSA) is 128 Å². The van der Waals surface area contributed by atoms with Crippen LogP contribution in [0, 0.1) is 17.0 Å². The molecule has 0 spiro atoms. The highest BCUT2D eigenvalue weighted by Gasteiger charge is 2.45. The van der Waals surface area contributed by atoms with E-state index in [1.54, 1.807) is 6.07 Å². The molecule has 2 aliphatic heterocycles. The first kappa shape index (κ1) is 32.6. The largest absolute Gasteiger partial charge is 0.463 e. The predicted molar refractivity (Wildman–Crippen MR) is 181 cm³/mol. The van der Waals surface area contributed by atoms with E-state index < -0.39 is 11.6 Å². The molecule has 1 saturated carbocycles. The van der Waals surface area contributed by atoms with E-state index in [0.717, 1.165) is 57.0 Å². The molecular weight excluding hydrogens is 640 g/mol. The van der Waals surface area contributed by atoms with E-state index in [1.165, 1.54) is 12.1 Å². The van der Waals surface area contributed by atoms with Crippen molar-refractivity contribution in [3.8, 4) is 17.1 Å². The molecule has 1 atom stereocenters. The van der Waals surface area contributed by atoms with Gasteiger partial charge in [0.2, 0.25) is 5.91 Å². The molecule has 1 amide bonds. The van der Waals surface area contributed by atoms with Gasteiger partial charge >= 0.3 is 6.01 Å². The second-order valence-electron chi connectivity index (χ2n) is 12.7. The zero-order valence-electron chi connectivity index (χ0n) is 26.9. The highest BCUT2D eigenvalue weighted by atomic mass is 32.1. The molecule has 3 N–H and O–H groups in total. The number of fused-ring (bicyclic) bond motifs is 2. The molecule has 2 saturated heterocycles. The Labute approximate surface area is 281 Å². The summed E-state index contributed by atoms with van der Waals surface area (Å²) in [5.74, 6) is -0.864. The zero-order valence-corrected chi connectivity index (χ0v) is 27.7. The normalized spacial score (nSPS) is 19.7. The third-order valence-electron chi connectivity index (χ3n) is 9.36. The third kappa shape index (κ3) is 6.53. The Morgan fingerprint density at radius 1 is 1.17 bits per heavy atom. The second kappa shape index (κ2) is 13.5. The number of morpholine rings is 1. The maximum atomic E-state index is 17.1. The quantitative estimate of drug-likeness (QED) is 0.234. The summed E-state index contributed by atoms with van der Waals surface area (Å²) in [5.41, 5.74) is 7.76. The molecule has 2 aromatic heterocycles. The minimum Gasteiger partial charge on any atom is -0.463 e. The minimum atomic E-state index is -0.575. The van der Waals surface area contributed by atoms with Crippen LogP contribution in [0.5, 0.6) is 6.01 Å². The lowest BCUT2D eigenvalue weighted by atomic mass is 9.94. The monoisotopic (exact) mass is 679 g/mol. The van der Waals surface area contributed by atoms with Gasteiger partial charge in [0.15, 0.2) is 10.9 Å². The van der Waals surface area contributed by atoms with Crippen LogP contribution in [0.3, 0.4) is 0 Å². The van der Waals surface area contributed by atoms with Gasteiger partial charge in [-0.05, 0) is 49.1 Å². The molecule has 11 nitrogen and oxygen atoms in total. The van der Waals surface area contributed by atoms with Gasteiger partial charge in [-0.2, -0.15) is 9.97 Å². The average molecular weight is 680 g/mol. The molecule has 48 heavy (non-hydrogen) atoms. The summed E-state index contributed by atoms with van der Waals surface area (Å²) in [6.07, 6.45) is 3.74. The Hall–Kier alpha value is -3.98. The summed E-state index contributed by atoms with van der Waals surface area (Å²) in [6.45, 7) is 11.5. The van der Waals surface area contributed by atoms with Gasteiger partial charge in [0, 0.05) is 54.7 Å². The number of rotatable bonds is 10. The number of halogens is 2. The van der Waals surface area contributed by atoms with Gasteiger partial charge in [-0.25, -0.2) is 13.8 Å². The number of nitrogens with zero attached hydrogens (tertiary/aromatic N) is 5. The lowest BCUT2D eigenvalue weighted by Crippen LogP contribution is -2.44. The average Bonchev–Trinajstić information content (AvgIpc) is 3.80. The Kier molecular flexibility index (Phi) is 9.16. The van der Waals surface area contributed by atoms with Crippen LogP contribution in [0.2, 0.25) is 0 Å². The summed E-state index contributed by atoms with van der Waals surface area (Å²) in [7, 11) is 0. The van der Waals surface area contributed by atoms with E-state index >= 15 is 4.39 Å². The number of nitrogens with two attached hydrogens (primary N) is 1. The van der Waals surface area contributed by atoms with Crippen molar-refractivity contribution in [1.29, 1.82) is 0 Å². The van der Waals surface area contributed by atoms with Gasteiger partial charge in [-0.3, -0.25) is 9.69 Å². The summed E-state index contributed by atoms with van der Waals surface area (Å²) in [6, 6.07) is 4.46. The number of amides is 1. The van der Waals surface area contributed by atoms with E-state index in [2.05, 4.69) is 26.8 Å².